The van der Waals surface area contributed by atoms with E-state index >= 15 is 0 Å². The molecule has 1 N–H and O–H groups in total. The fourth-order valence-electron chi connectivity index (χ4n) is 4.27. The quantitative estimate of drug-likeness (QED) is 0.897. The number of nitrogens with zero attached hydrogens (tertiary/aromatic N) is 1. The van der Waals surface area contributed by atoms with Crippen molar-refractivity contribution in [2.75, 3.05) is 11.4 Å². The topological polar surface area (TPSA) is 15.3 Å². The highest BCUT2D eigenvalue weighted by atomic mass is 15.2. The molecule has 1 aromatic rings. The highest BCUT2D eigenvalue weighted by Crippen LogP contribution is 2.41. The van der Waals surface area contributed by atoms with Crippen LogP contribution < -0.4 is 10.2 Å². The largest absolute Gasteiger partial charge is 0.365 e. The van der Waals surface area contributed by atoms with Gasteiger partial charge in [-0.25, -0.2) is 0 Å². The van der Waals surface area contributed by atoms with E-state index in [1.54, 1.807) is 0 Å². The molecule has 2 unspecified atom stereocenters. The van der Waals surface area contributed by atoms with Gasteiger partial charge in [-0.15, -0.1) is 0 Å². The molecule has 2 aliphatic rings. The van der Waals surface area contributed by atoms with Gasteiger partial charge in [0.2, 0.25) is 0 Å². The van der Waals surface area contributed by atoms with E-state index in [0.717, 1.165) is 18.1 Å². The lowest BCUT2D eigenvalue weighted by atomic mass is 9.94. The summed E-state index contributed by atoms with van der Waals surface area (Å²) in [7, 11) is 0. The molecule has 2 bridgehead atoms. The predicted octanol–water partition coefficient (Wildman–Crippen LogP) is 3.80. The molecule has 20 heavy (non-hydrogen) atoms. The van der Waals surface area contributed by atoms with Crippen LogP contribution in [0.15, 0.2) is 18.2 Å². The lowest BCUT2D eigenvalue weighted by Gasteiger charge is -2.42. The first-order chi connectivity index (χ1) is 9.70. The Morgan fingerprint density at radius 2 is 1.70 bits per heavy atom. The number of aryl methyl sites for hydroxylation is 2. The molecular formula is C18H28N2. The van der Waals surface area contributed by atoms with Crippen LogP contribution in [0.4, 0.5) is 5.69 Å². The van der Waals surface area contributed by atoms with Crippen molar-refractivity contribution >= 4 is 5.69 Å². The number of nitrogens with one attached hydrogen (secondary N) is 1. The van der Waals surface area contributed by atoms with E-state index in [2.05, 4.69) is 49.2 Å². The fraction of sp³-hybridized carbons (Fsp3) is 0.667. The van der Waals surface area contributed by atoms with E-state index in [4.69, 9.17) is 0 Å². The number of anilines is 1. The van der Waals surface area contributed by atoms with Gasteiger partial charge in [-0.2, -0.15) is 0 Å². The number of para-hydroxylation sites is 1. The first kappa shape index (κ1) is 13.9. The lowest BCUT2D eigenvalue weighted by Crippen LogP contribution is -2.49. The first-order valence-corrected chi connectivity index (χ1v) is 8.28. The van der Waals surface area contributed by atoms with Gasteiger partial charge >= 0.3 is 0 Å². The second-order valence-corrected chi connectivity index (χ2v) is 6.66. The Morgan fingerprint density at radius 1 is 1.10 bits per heavy atom. The minimum absolute atomic E-state index is 0.744. The summed E-state index contributed by atoms with van der Waals surface area (Å²) in [6, 6.07) is 8.97. The maximum atomic E-state index is 3.75. The van der Waals surface area contributed by atoms with Crippen molar-refractivity contribution in [2.24, 2.45) is 0 Å². The molecule has 2 nitrogen and oxygen atoms in total. The normalized spacial score (nSPS) is 28.9. The molecule has 3 rings (SSSR count). The van der Waals surface area contributed by atoms with Crippen LogP contribution in [0.25, 0.3) is 0 Å². The van der Waals surface area contributed by atoms with E-state index in [0.29, 0.717) is 0 Å². The van der Waals surface area contributed by atoms with Gasteiger partial charge in [0.1, 0.15) is 0 Å². The summed E-state index contributed by atoms with van der Waals surface area (Å²) in [5.74, 6) is 0. The summed E-state index contributed by atoms with van der Waals surface area (Å²) in [4.78, 5) is 2.76. The third-order valence-corrected chi connectivity index (χ3v) is 5.11. The zero-order valence-corrected chi connectivity index (χ0v) is 13.2. The third kappa shape index (κ3) is 2.46. The summed E-state index contributed by atoms with van der Waals surface area (Å²) in [5, 5.41) is 3.75. The lowest BCUT2D eigenvalue weighted by molar-refractivity contribution is 0.356. The van der Waals surface area contributed by atoms with Crippen molar-refractivity contribution in [1.29, 1.82) is 0 Å². The molecule has 2 fully saturated rings. The second kappa shape index (κ2) is 5.77. The Labute approximate surface area is 123 Å². The van der Waals surface area contributed by atoms with Crippen LogP contribution in [0.2, 0.25) is 0 Å². The van der Waals surface area contributed by atoms with E-state index in [1.165, 1.54) is 55.5 Å². The molecule has 110 valence electrons. The fourth-order valence-corrected chi connectivity index (χ4v) is 4.27. The monoisotopic (exact) mass is 272 g/mol. The van der Waals surface area contributed by atoms with Crippen LogP contribution >= 0.6 is 0 Å². The van der Waals surface area contributed by atoms with Crippen molar-refractivity contribution in [1.82, 2.24) is 5.32 Å². The van der Waals surface area contributed by atoms with Gasteiger partial charge in [-0.05, 0) is 63.6 Å². The number of piperidine rings is 1. The van der Waals surface area contributed by atoms with Gasteiger partial charge in [-0.1, -0.05) is 25.1 Å². The standard InChI is InChI=1S/C18H28N2/c1-4-10-19-15-11-16-8-9-17(12-15)20(16)18-13(2)6-5-7-14(18)3/h5-7,15-17,19H,4,8-12H2,1-3H3. The molecular weight excluding hydrogens is 244 g/mol. The average molecular weight is 272 g/mol. The molecule has 0 spiro atoms. The van der Waals surface area contributed by atoms with Gasteiger partial charge in [0.25, 0.3) is 0 Å². The van der Waals surface area contributed by atoms with Crippen LogP contribution in [0.1, 0.15) is 50.2 Å². The molecule has 2 saturated heterocycles. The van der Waals surface area contributed by atoms with E-state index in [9.17, 15) is 0 Å². The van der Waals surface area contributed by atoms with Gasteiger partial charge in [0.05, 0.1) is 0 Å². The van der Waals surface area contributed by atoms with Gasteiger partial charge < -0.3 is 10.2 Å². The molecule has 2 heterocycles. The second-order valence-electron chi connectivity index (χ2n) is 6.66. The molecule has 0 radical (unpaired) electrons. The number of hydrogen-bond donors (Lipinski definition) is 1. The van der Waals surface area contributed by atoms with E-state index in [1.807, 2.05) is 0 Å². The SMILES string of the molecule is CCCNC1CC2CCC(C1)N2c1c(C)cccc1C. The number of hydrogen-bond acceptors (Lipinski definition) is 2. The number of benzene rings is 1. The summed E-state index contributed by atoms with van der Waals surface area (Å²) >= 11 is 0. The van der Waals surface area contributed by atoms with Gasteiger partial charge in [0, 0.05) is 23.8 Å². The maximum Gasteiger partial charge on any atom is 0.0430 e. The Bertz CT molecular complexity index is 434. The molecule has 0 amide bonds. The molecule has 2 aliphatic heterocycles. The van der Waals surface area contributed by atoms with Crippen LogP contribution in [-0.4, -0.2) is 24.7 Å². The highest BCUT2D eigenvalue weighted by Gasteiger charge is 2.41. The third-order valence-electron chi connectivity index (χ3n) is 5.11. The Kier molecular flexibility index (Phi) is 4.02. The molecule has 1 aromatic carbocycles. The van der Waals surface area contributed by atoms with Crippen molar-refractivity contribution in [3.05, 3.63) is 29.3 Å². The van der Waals surface area contributed by atoms with E-state index < -0.39 is 0 Å². The first-order valence-electron chi connectivity index (χ1n) is 8.28. The Balaban J connectivity index is 1.80. The van der Waals surface area contributed by atoms with Crippen molar-refractivity contribution in [3.8, 4) is 0 Å². The zero-order valence-electron chi connectivity index (χ0n) is 13.2. The average Bonchev–Trinajstić information content (AvgIpc) is 2.68. The number of fused-ring (bicyclic) bond motifs is 2. The van der Waals surface area contributed by atoms with Crippen LogP contribution in [0, 0.1) is 13.8 Å². The van der Waals surface area contributed by atoms with Crippen LogP contribution in [-0.2, 0) is 0 Å². The summed E-state index contributed by atoms with van der Waals surface area (Å²) in [6.07, 6.45) is 6.65. The van der Waals surface area contributed by atoms with Gasteiger partial charge in [-0.3, -0.25) is 0 Å². The summed E-state index contributed by atoms with van der Waals surface area (Å²) in [6.45, 7) is 7.97. The zero-order chi connectivity index (χ0) is 14.1. The summed E-state index contributed by atoms with van der Waals surface area (Å²) in [5.41, 5.74) is 4.41. The smallest absolute Gasteiger partial charge is 0.0430 e. The van der Waals surface area contributed by atoms with Gasteiger partial charge in [0.15, 0.2) is 0 Å². The molecule has 0 saturated carbocycles. The van der Waals surface area contributed by atoms with Crippen LogP contribution in [0.5, 0.6) is 0 Å². The number of rotatable bonds is 4. The van der Waals surface area contributed by atoms with Crippen molar-refractivity contribution in [3.63, 3.8) is 0 Å². The van der Waals surface area contributed by atoms with Crippen LogP contribution in [0.3, 0.4) is 0 Å². The molecule has 2 heteroatoms. The highest BCUT2D eigenvalue weighted by molar-refractivity contribution is 5.61. The Hall–Kier alpha value is -1.02. The van der Waals surface area contributed by atoms with Crippen molar-refractivity contribution in [2.45, 2.75) is 71.0 Å². The predicted molar refractivity (Wildman–Crippen MR) is 86.5 cm³/mol. The molecule has 2 atom stereocenters. The molecule has 0 aromatic heterocycles. The summed E-state index contributed by atoms with van der Waals surface area (Å²) < 4.78 is 0. The van der Waals surface area contributed by atoms with E-state index in [-0.39, 0.29) is 0 Å². The Morgan fingerprint density at radius 3 is 2.25 bits per heavy atom. The minimum Gasteiger partial charge on any atom is -0.365 e. The minimum atomic E-state index is 0.744. The maximum absolute atomic E-state index is 3.75. The van der Waals surface area contributed by atoms with Crippen molar-refractivity contribution < 1.29 is 0 Å². The molecule has 0 aliphatic carbocycles.